The van der Waals surface area contributed by atoms with E-state index < -0.39 is 5.97 Å². The summed E-state index contributed by atoms with van der Waals surface area (Å²) < 4.78 is 6.13. The molecule has 0 bridgehead atoms. The molecule has 1 heterocycles. The van der Waals surface area contributed by atoms with E-state index in [0.29, 0.717) is 13.2 Å². The molecule has 32 heavy (non-hydrogen) atoms. The van der Waals surface area contributed by atoms with Gasteiger partial charge in [0.25, 0.3) is 0 Å². The zero-order chi connectivity index (χ0) is 22.2. The molecule has 3 aromatic carbocycles. The number of aromatic nitrogens is 1. The van der Waals surface area contributed by atoms with Crippen molar-refractivity contribution >= 4 is 28.5 Å². The van der Waals surface area contributed by atoms with Crippen LogP contribution < -0.4 is 10.1 Å². The minimum absolute atomic E-state index is 0.275. The molecule has 0 unspecified atom stereocenters. The van der Waals surface area contributed by atoms with E-state index in [4.69, 9.17) is 9.84 Å². The number of carboxylic acids is 1. The van der Waals surface area contributed by atoms with Crippen molar-refractivity contribution in [1.29, 1.82) is 0 Å². The fourth-order valence-corrected chi connectivity index (χ4v) is 3.47. The van der Waals surface area contributed by atoms with Crippen LogP contribution in [0.15, 0.2) is 96.8 Å². The van der Waals surface area contributed by atoms with Crippen molar-refractivity contribution in [1.82, 2.24) is 4.98 Å². The summed E-state index contributed by atoms with van der Waals surface area (Å²) in [7, 11) is 0. The lowest BCUT2D eigenvalue weighted by molar-refractivity contribution is 0.0697. The highest BCUT2D eigenvalue weighted by Gasteiger charge is 2.05. The molecule has 5 heteroatoms. The van der Waals surface area contributed by atoms with Crippen LogP contribution in [0.3, 0.4) is 0 Å². The van der Waals surface area contributed by atoms with Crippen LogP contribution >= 0.6 is 0 Å². The lowest BCUT2D eigenvalue weighted by Crippen LogP contribution is -2.09. The largest absolute Gasteiger partial charge is 0.493 e. The van der Waals surface area contributed by atoms with Gasteiger partial charge in [0.15, 0.2) is 0 Å². The molecule has 0 saturated carbocycles. The van der Waals surface area contributed by atoms with Crippen molar-refractivity contribution in [2.24, 2.45) is 0 Å². The number of fused-ring (bicyclic) bond motifs is 1. The highest BCUT2D eigenvalue weighted by Crippen LogP contribution is 2.25. The first kappa shape index (κ1) is 21.1. The zero-order valence-electron chi connectivity index (χ0n) is 17.6. The third-order valence-corrected chi connectivity index (χ3v) is 5.14. The molecule has 0 aliphatic carbocycles. The maximum absolute atomic E-state index is 11.1. The number of aromatic carboxylic acids is 1. The van der Waals surface area contributed by atoms with E-state index in [2.05, 4.69) is 34.6 Å². The normalized spacial score (nSPS) is 11.3. The van der Waals surface area contributed by atoms with Gasteiger partial charge in [-0.2, -0.15) is 0 Å². The quantitative estimate of drug-likeness (QED) is 0.350. The molecule has 0 saturated heterocycles. The van der Waals surface area contributed by atoms with Gasteiger partial charge in [-0.1, -0.05) is 54.6 Å². The summed E-state index contributed by atoms with van der Waals surface area (Å²) >= 11 is 0. The Labute approximate surface area is 187 Å². The van der Waals surface area contributed by atoms with Crippen molar-refractivity contribution in [2.45, 2.75) is 6.42 Å². The Morgan fingerprint density at radius 1 is 0.969 bits per heavy atom. The van der Waals surface area contributed by atoms with E-state index in [9.17, 15) is 4.79 Å². The molecule has 1 aromatic heterocycles. The number of ether oxygens (including phenoxy) is 1. The molecule has 4 aromatic rings. The van der Waals surface area contributed by atoms with Gasteiger partial charge < -0.3 is 15.2 Å². The summed E-state index contributed by atoms with van der Waals surface area (Å²) in [4.78, 5) is 15.3. The van der Waals surface area contributed by atoms with Crippen LogP contribution in [0.2, 0.25) is 0 Å². The van der Waals surface area contributed by atoms with Crippen LogP contribution in [-0.2, 0) is 0 Å². The average molecular weight is 425 g/mol. The number of anilines is 1. The van der Waals surface area contributed by atoms with Crippen molar-refractivity contribution < 1.29 is 14.6 Å². The van der Waals surface area contributed by atoms with Crippen molar-refractivity contribution in [3.8, 4) is 5.75 Å². The molecule has 0 amide bonds. The molecule has 2 N–H and O–H groups in total. The van der Waals surface area contributed by atoms with Crippen molar-refractivity contribution in [3.05, 3.63) is 108 Å². The number of hydrogen-bond acceptors (Lipinski definition) is 4. The van der Waals surface area contributed by atoms with Gasteiger partial charge in [0.1, 0.15) is 5.75 Å². The molecule has 4 rings (SSSR count). The summed E-state index contributed by atoms with van der Waals surface area (Å²) in [6, 6.07) is 25.0. The molecule has 0 fully saturated rings. The SMILES string of the molecule is O=C(O)c1ccc(C=C(CCOc2cccc3ccccc23)CNc2cccnc2)cc1. The van der Waals surface area contributed by atoms with E-state index in [1.165, 1.54) is 0 Å². The summed E-state index contributed by atoms with van der Waals surface area (Å²) in [6.07, 6.45) is 6.31. The van der Waals surface area contributed by atoms with Crippen molar-refractivity contribution in [3.63, 3.8) is 0 Å². The Morgan fingerprint density at radius 3 is 2.56 bits per heavy atom. The first-order chi connectivity index (χ1) is 15.7. The molecule has 160 valence electrons. The molecule has 0 aliphatic rings. The average Bonchev–Trinajstić information content (AvgIpc) is 2.83. The number of nitrogens with one attached hydrogen (secondary N) is 1. The monoisotopic (exact) mass is 424 g/mol. The Hall–Kier alpha value is -4.12. The Kier molecular flexibility index (Phi) is 6.78. The predicted octanol–water partition coefficient (Wildman–Crippen LogP) is 5.90. The lowest BCUT2D eigenvalue weighted by atomic mass is 10.1. The molecule has 5 nitrogen and oxygen atoms in total. The van der Waals surface area contributed by atoms with E-state index in [-0.39, 0.29) is 5.56 Å². The molecule has 0 radical (unpaired) electrons. The standard InChI is InChI=1S/C27H24N2O3/c30-27(31)23-12-10-20(11-13-23)17-21(18-29-24-7-4-15-28-19-24)14-16-32-26-9-3-6-22-5-1-2-8-25(22)26/h1-13,15,17,19,29H,14,16,18H2,(H,30,31). The molecular weight excluding hydrogens is 400 g/mol. The van der Waals surface area contributed by atoms with Gasteiger partial charge in [-0.15, -0.1) is 0 Å². The maximum Gasteiger partial charge on any atom is 0.335 e. The second-order valence-corrected chi connectivity index (χ2v) is 7.40. The minimum Gasteiger partial charge on any atom is -0.493 e. The highest BCUT2D eigenvalue weighted by atomic mass is 16.5. The second kappa shape index (κ2) is 10.3. The van der Waals surface area contributed by atoms with Crippen LogP contribution in [0.4, 0.5) is 5.69 Å². The van der Waals surface area contributed by atoms with Crippen LogP contribution in [0.1, 0.15) is 22.3 Å². The van der Waals surface area contributed by atoms with Crippen LogP contribution in [0.25, 0.3) is 16.8 Å². The number of carboxylic acid groups (broad SMARTS) is 1. The smallest absolute Gasteiger partial charge is 0.335 e. The lowest BCUT2D eigenvalue weighted by Gasteiger charge is -2.13. The number of rotatable bonds is 9. The van der Waals surface area contributed by atoms with Gasteiger partial charge in [-0.05, 0) is 46.9 Å². The number of benzene rings is 3. The second-order valence-electron chi connectivity index (χ2n) is 7.40. The molecule has 0 atom stereocenters. The Balaban J connectivity index is 1.48. The fourth-order valence-electron chi connectivity index (χ4n) is 3.47. The number of nitrogens with zero attached hydrogens (tertiary/aromatic N) is 1. The third-order valence-electron chi connectivity index (χ3n) is 5.14. The van der Waals surface area contributed by atoms with Gasteiger partial charge in [-0.25, -0.2) is 4.79 Å². The van der Waals surface area contributed by atoms with Gasteiger partial charge in [-0.3, -0.25) is 4.98 Å². The minimum atomic E-state index is -0.928. The number of carbonyl (C=O) groups is 1. The van der Waals surface area contributed by atoms with Crippen LogP contribution in [-0.4, -0.2) is 29.2 Å². The van der Waals surface area contributed by atoms with E-state index >= 15 is 0 Å². The summed E-state index contributed by atoms with van der Waals surface area (Å²) in [6.45, 7) is 1.16. The van der Waals surface area contributed by atoms with E-state index in [1.807, 2.05) is 48.5 Å². The first-order valence-corrected chi connectivity index (χ1v) is 10.5. The van der Waals surface area contributed by atoms with Crippen LogP contribution in [0, 0.1) is 0 Å². The van der Waals surface area contributed by atoms with E-state index in [1.54, 1.807) is 24.5 Å². The number of hydrogen-bond donors (Lipinski definition) is 2. The fraction of sp³-hybridized carbons (Fsp3) is 0.111. The highest BCUT2D eigenvalue weighted by molar-refractivity contribution is 5.88. The van der Waals surface area contributed by atoms with E-state index in [0.717, 1.165) is 39.8 Å². The molecule has 0 spiro atoms. The summed E-state index contributed by atoms with van der Waals surface area (Å²) in [5.41, 5.74) is 3.30. The van der Waals surface area contributed by atoms with Gasteiger partial charge in [0.2, 0.25) is 0 Å². The van der Waals surface area contributed by atoms with Gasteiger partial charge >= 0.3 is 5.97 Å². The van der Waals surface area contributed by atoms with Gasteiger partial charge in [0, 0.05) is 30.7 Å². The zero-order valence-corrected chi connectivity index (χ0v) is 17.6. The Morgan fingerprint density at radius 2 is 1.78 bits per heavy atom. The maximum atomic E-state index is 11.1. The number of pyridine rings is 1. The summed E-state index contributed by atoms with van der Waals surface area (Å²) in [5, 5.41) is 14.8. The van der Waals surface area contributed by atoms with Crippen molar-refractivity contribution in [2.75, 3.05) is 18.5 Å². The molecule has 0 aliphatic heterocycles. The third kappa shape index (κ3) is 5.52. The summed E-state index contributed by atoms with van der Waals surface area (Å²) in [5.74, 6) is -0.0593. The Bertz CT molecular complexity index is 1210. The van der Waals surface area contributed by atoms with Gasteiger partial charge in [0.05, 0.1) is 17.9 Å². The predicted molar refractivity (Wildman–Crippen MR) is 128 cm³/mol. The first-order valence-electron chi connectivity index (χ1n) is 10.5. The van der Waals surface area contributed by atoms with Crippen LogP contribution in [0.5, 0.6) is 5.75 Å². The topological polar surface area (TPSA) is 71.5 Å². The molecular formula is C27H24N2O3.